The number of carbonyl (C=O) groups is 2. The first-order valence-corrected chi connectivity index (χ1v) is 12.2. The molecule has 1 aromatic heterocycles. The molecule has 2 N–H and O–H groups in total. The number of thiophene rings is 1. The Hall–Kier alpha value is -3.21. The van der Waals surface area contributed by atoms with Crippen molar-refractivity contribution in [1.82, 2.24) is 10.0 Å². The van der Waals surface area contributed by atoms with E-state index < -0.39 is 10.0 Å². The highest BCUT2D eigenvalue weighted by molar-refractivity contribution is 7.89. The molecule has 0 unspecified atom stereocenters. The van der Waals surface area contributed by atoms with Gasteiger partial charge in [-0.3, -0.25) is 9.69 Å². The number of sulfonamides is 1. The van der Waals surface area contributed by atoms with Crippen molar-refractivity contribution in [2.24, 2.45) is 0 Å². The second-order valence-corrected chi connectivity index (χ2v) is 9.85. The van der Waals surface area contributed by atoms with Gasteiger partial charge in [0.2, 0.25) is 10.0 Å². The smallest absolute Gasteiger partial charge is 0.414 e. The zero-order valence-electron chi connectivity index (χ0n) is 17.0. The van der Waals surface area contributed by atoms with E-state index in [2.05, 4.69) is 10.0 Å². The third kappa shape index (κ3) is 5.16. The Balaban J connectivity index is 1.35. The molecule has 2 heterocycles. The number of amides is 2. The first-order valence-electron chi connectivity index (χ1n) is 9.86. The van der Waals surface area contributed by atoms with Crippen molar-refractivity contribution in [1.29, 1.82) is 0 Å². The van der Waals surface area contributed by atoms with E-state index in [0.29, 0.717) is 24.4 Å². The Kier molecular flexibility index (Phi) is 6.54. The predicted octanol–water partition coefficient (Wildman–Crippen LogP) is 3.11. The highest BCUT2D eigenvalue weighted by Gasteiger charge is 2.23. The van der Waals surface area contributed by atoms with Crippen LogP contribution in [0.4, 0.5) is 10.5 Å². The minimum Gasteiger partial charge on any atom is -0.447 e. The monoisotopic (exact) mass is 471 g/mol. The molecule has 1 aliphatic heterocycles. The number of nitrogens with one attached hydrogen (secondary N) is 2. The van der Waals surface area contributed by atoms with Gasteiger partial charge in [-0.25, -0.2) is 17.9 Å². The van der Waals surface area contributed by atoms with Crippen LogP contribution in [0.1, 0.15) is 20.8 Å². The summed E-state index contributed by atoms with van der Waals surface area (Å²) in [5.74, 6) is -0.327. The van der Waals surface area contributed by atoms with Crippen molar-refractivity contribution in [3.63, 3.8) is 0 Å². The van der Waals surface area contributed by atoms with Gasteiger partial charge in [0.15, 0.2) is 0 Å². The molecule has 3 aromatic rings. The maximum atomic E-state index is 12.5. The summed E-state index contributed by atoms with van der Waals surface area (Å²) in [5.41, 5.74) is 1.89. The van der Waals surface area contributed by atoms with Crippen LogP contribution in [0, 0.1) is 0 Å². The Morgan fingerprint density at radius 3 is 2.56 bits per heavy atom. The van der Waals surface area contributed by atoms with Crippen LogP contribution in [0.3, 0.4) is 0 Å². The minimum absolute atomic E-state index is 0.0933. The minimum atomic E-state index is -3.67. The lowest BCUT2D eigenvalue weighted by molar-refractivity contribution is 0.0950. The number of hydrogen-bond acceptors (Lipinski definition) is 6. The summed E-state index contributed by atoms with van der Waals surface area (Å²) in [6.45, 7) is 1.33. The van der Waals surface area contributed by atoms with Crippen LogP contribution in [0.2, 0.25) is 0 Å². The van der Waals surface area contributed by atoms with Crippen LogP contribution in [-0.2, 0) is 27.8 Å². The molecule has 2 aromatic carbocycles. The number of hydrogen-bond donors (Lipinski definition) is 2. The van der Waals surface area contributed by atoms with E-state index in [1.54, 1.807) is 0 Å². The first kappa shape index (κ1) is 22.0. The van der Waals surface area contributed by atoms with E-state index in [1.807, 2.05) is 41.8 Å². The van der Waals surface area contributed by atoms with Gasteiger partial charge in [-0.1, -0.05) is 18.2 Å². The predicted molar refractivity (Wildman–Crippen MR) is 121 cm³/mol. The molecule has 0 saturated carbocycles. The summed E-state index contributed by atoms with van der Waals surface area (Å²) in [4.78, 5) is 26.8. The van der Waals surface area contributed by atoms with Crippen molar-refractivity contribution in [2.45, 2.75) is 18.0 Å². The molecule has 0 radical (unpaired) electrons. The first-order chi connectivity index (χ1) is 15.4. The number of rotatable bonds is 8. The fourth-order valence-corrected chi connectivity index (χ4v) is 4.94. The SMILES string of the molecule is O=C(NCc1cccc(N2CCOC2=O)c1)c1ccc(S(=O)(=O)NCc2cccs2)cc1. The average molecular weight is 472 g/mol. The zero-order valence-corrected chi connectivity index (χ0v) is 18.6. The molecule has 0 atom stereocenters. The largest absolute Gasteiger partial charge is 0.447 e. The summed E-state index contributed by atoms with van der Waals surface area (Å²) in [5, 5.41) is 4.69. The molecule has 1 saturated heterocycles. The molecule has 0 aliphatic carbocycles. The van der Waals surface area contributed by atoms with E-state index in [4.69, 9.17) is 4.74 Å². The third-order valence-corrected chi connectivity index (χ3v) is 7.17. The van der Waals surface area contributed by atoms with Gasteiger partial charge in [0.25, 0.3) is 5.91 Å². The number of carbonyl (C=O) groups excluding carboxylic acids is 2. The van der Waals surface area contributed by atoms with Crippen LogP contribution >= 0.6 is 11.3 Å². The number of anilines is 1. The maximum Gasteiger partial charge on any atom is 0.414 e. The topological polar surface area (TPSA) is 105 Å². The zero-order chi connectivity index (χ0) is 22.6. The standard InChI is InChI=1S/C22H21N3O5S2/c26-21(23-14-16-3-1-4-18(13-16)25-10-11-30-22(25)27)17-6-8-20(9-7-17)32(28,29)24-15-19-5-2-12-31-19/h1-9,12-13,24H,10-11,14-15H2,(H,23,26). The summed E-state index contributed by atoms with van der Waals surface area (Å²) in [7, 11) is -3.67. The molecule has 32 heavy (non-hydrogen) atoms. The van der Waals surface area contributed by atoms with Crippen molar-refractivity contribution >= 4 is 39.0 Å². The lowest BCUT2D eigenvalue weighted by Gasteiger charge is -2.14. The van der Waals surface area contributed by atoms with Gasteiger partial charge in [-0.05, 0) is 53.4 Å². The van der Waals surface area contributed by atoms with E-state index in [-0.39, 0.29) is 30.0 Å². The van der Waals surface area contributed by atoms with Gasteiger partial charge in [-0.2, -0.15) is 0 Å². The quantitative estimate of drug-likeness (QED) is 0.525. The second-order valence-electron chi connectivity index (χ2n) is 7.05. The third-order valence-electron chi connectivity index (χ3n) is 4.88. The molecule has 4 rings (SSSR count). The number of nitrogens with zero attached hydrogens (tertiary/aromatic N) is 1. The lowest BCUT2D eigenvalue weighted by atomic mass is 10.1. The Morgan fingerprint density at radius 1 is 1.06 bits per heavy atom. The van der Waals surface area contributed by atoms with E-state index >= 15 is 0 Å². The van der Waals surface area contributed by atoms with E-state index in [0.717, 1.165) is 10.4 Å². The number of cyclic esters (lactones) is 1. The van der Waals surface area contributed by atoms with E-state index in [9.17, 15) is 18.0 Å². The molecular weight excluding hydrogens is 450 g/mol. The highest BCUT2D eigenvalue weighted by Crippen LogP contribution is 2.20. The van der Waals surface area contributed by atoms with Crippen molar-refractivity contribution in [3.05, 3.63) is 82.0 Å². The van der Waals surface area contributed by atoms with Gasteiger partial charge in [0.1, 0.15) is 6.61 Å². The fraction of sp³-hybridized carbons (Fsp3) is 0.182. The number of benzene rings is 2. The van der Waals surface area contributed by atoms with Crippen LogP contribution in [0.5, 0.6) is 0 Å². The molecule has 1 fully saturated rings. The van der Waals surface area contributed by atoms with E-state index in [1.165, 1.54) is 40.5 Å². The normalized spacial score (nSPS) is 13.8. The molecule has 0 spiro atoms. The van der Waals surface area contributed by atoms with Crippen LogP contribution < -0.4 is 14.9 Å². The summed E-state index contributed by atoms with van der Waals surface area (Å²) in [6.07, 6.45) is -0.383. The van der Waals surface area contributed by atoms with Crippen LogP contribution in [0.25, 0.3) is 0 Å². The van der Waals surface area contributed by atoms with Gasteiger partial charge in [0, 0.05) is 29.2 Å². The van der Waals surface area contributed by atoms with Crippen LogP contribution in [0.15, 0.2) is 70.9 Å². The van der Waals surface area contributed by atoms with Crippen molar-refractivity contribution < 1.29 is 22.7 Å². The molecule has 0 bridgehead atoms. The van der Waals surface area contributed by atoms with Crippen molar-refractivity contribution in [3.8, 4) is 0 Å². The highest BCUT2D eigenvalue weighted by atomic mass is 32.2. The van der Waals surface area contributed by atoms with Gasteiger partial charge < -0.3 is 10.1 Å². The summed E-state index contributed by atoms with van der Waals surface area (Å²) >= 11 is 1.47. The van der Waals surface area contributed by atoms with Gasteiger partial charge >= 0.3 is 6.09 Å². The Morgan fingerprint density at radius 2 is 1.88 bits per heavy atom. The molecule has 2 amide bonds. The van der Waals surface area contributed by atoms with Gasteiger partial charge in [-0.15, -0.1) is 11.3 Å². The lowest BCUT2D eigenvalue weighted by Crippen LogP contribution is -2.25. The Labute approximate surface area is 189 Å². The summed E-state index contributed by atoms with van der Waals surface area (Å²) in [6, 6.07) is 16.8. The van der Waals surface area contributed by atoms with Gasteiger partial charge in [0.05, 0.1) is 11.4 Å². The molecule has 166 valence electrons. The molecule has 10 heteroatoms. The van der Waals surface area contributed by atoms with Crippen molar-refractivity contribution in [2.75, 3.05) is 18.1 Å². The average Bonchev–Trinajstić information content (AvgIpc) is 3.48. The summed E-state index contributed by atoms with van der Waals surface area (Å²) < 4.78 is 32.4. The second kappa shape index (κ2) is 9.51. The maximum absolute atomic E-state index is 12.5. The molecular formula is C22H21N3O5S2. The van der Waals surface area contributed by atoms with Crippen LogP contribution in [-0.4, -0.2) is 33.6 Å². The molecule has 8 nitrogen and oxygen atoms in total. The Bertz CT molecular complexity index is 1210. The number of ether oxygens (including phenoxy) is 1. The fourth-order valence-electron chi connectivity index (χ4n) is 3.19. The molecule has 1 aliphatic rings.